The van der Waals surface area contributed by atoms with Crippen molar-refractivity contribution in [2.45, 2.75) is 19.3 Å². The first-order chi connectivity index (χ1) is 10.1. The number of aromatic nitrogens is 1. The van der Waals surface area contributed by atoms with Crippen LogP contribution < -0.4 is 0 Å². The molecule has 2 heterocycles. The second-order valence-corrected chi connectivity index (χ2v) is 5.43. The monoisotopic (exact) mass is 291 g/mol. The van der Waals surface area contributed by atoms with Gasteiger partial charge in [-0.3, -0.25) is 9.78 Å². The lowest BCUT2D eigenvalue weighted by Crippen LogP contribution is -2.48. The molecule has 0 aliphatic carbocycles. The molecule has 1 aromatic rings. The summed E-state index contributed by atoms with van der Waals surface area (Å²) in [6.45, 7) is 1.56. The maximum Gasteiger partial charge on any atom is 0.319 e. The highest BCUT2D eigenvalue weighted by Crippen LogP contribution is 2.17. The Kier molecular flexibility index (Phi) is 5.14. The van der Waals surface area contributed by atoms with E-state index in [-0.39, 0.29) is 6.03 Å². The minimum atomic E-state index is -0.813. The van der Waals surface area contributed by atoms with Crippen LogP contribution in [0, 0.1) is 5.92 Å². The van der Waals surface area contributed by atoms with Gasteiger partial charge in [0.05, 0.1) is 5.92 Å². The molecule has 2 rings (SSSR count). The number of aliphatic carboxylic acids is 1. The van der Waals surface area contributed by atoms with Crippen LogP contribution >= 0.6 is 0 Å². The van der Waals surface area contributed by atoms with Crippen LogP contribution in [0.4, 0.5) is 4.79 Å². The van der Waals surface area contributed by atoms with Crippen LogP contribution in [0.15, 0.2) is 24.5 Å². The fourth-order valence-electron chi connectivity index (χ4n) is 2.54. The molecule has 0 aromatic carbocycles. The highest BCUT2D eigenvalue weighted by Gasteiger charge is 2.29. The van der Waals surface area contributed by atoms with Gasteiger partial charge in [-0.2, -0.15) is 0 Å². The molecule has 114 valence electrons. The largest absolute Gasteiger partial charge is 0.481 e. The Bertz CT molecular complexity index is 492. The highest BCUT2D eigenvalue weighted by atomic mass is 16.4. The summed E-state index contributed by atoms with van der Waals surface area (Å²) in [6, 6.07) is 3.77. The molecule has 1 saturated heterocycles. The maximum atomic E-state index is 12.3. The molecule has 0 saturated carbocycles. The third-order valence-corrected chi connectivity index (χ3v) is 3.85. The molecule has 2 amide bonds. The van der Waals surface area contributed by atoms with Crippen molar-refractivity contribution in [3.8, 4) is 0 Å². The Labute approximate surface area is 124 Å². The van der Waals surface area contributed by atoms with E-state index in [1.807, 2.05) is 12.1 Å². The summed E-state index contributed by atoms with van der Waals surface area (Å²) < 4.78 is 0. The Balaban J connectivity index is 1.85. The van der Waals surface area contributed by atoms with Crippen LogP contribution in [0.1, 0.15) is 18.4 Å². The number of hydrogen-bond acceptors (Lipinski definition) is 3. The lowest BCUT2D eigenvalue weighted by molar-refractivity contribution is -0.143. The van der Waals surface area contributed by atoms with Crippen molar-refractivity contribution in [2.24, 2.45) is 5.92 Å². The van der Waals surface area contributed by atoms with Crippen LogP contribution in [-0.4, -0.2) is 58.6 Å². The molecular weight excluding hydrogens is 270 g/mol. The van der Waals surface area contributed by atoms with Crippen molar-refractivity contribution in [1.82, 2.24) is 14.8 Å². The standard InChI is InChI=1S/C15H21N3O3/c1-17(10-6-12-4-7-16-8-5-12)15(21)18-9-2-3-13(11-18)14(19)20/h4-5,7-8,13H,2-3,6,9-11H2,1H3,(H,19,20)/t13-/m1/s1. The Morgan fingerprint density at radius 3 is 2.81 bits per heavy atom. The van der Waals surface area contributed by atoms with Gasteiger partial charge in [-0.1, -0.05) is 0 Å². The zero-order valence-electron chi connectivity index (χ0n) is 12.2. The summed E-state index contributed by atoms with van der Waals surface area (Å²) in [5, 5.41) is 9.07. The molecule has 0 unspecified atom stereocenters. The molecule has 6 nitrogen and oxygen atoms in total. The number of carbonyl (C=O) groups is 2. The summed E-state index contributed by atoms with van der Waals surface area (Å²) in [4.78, 5) is 30.6. The number of nitrogens with zero attached hydrogens (tertiary/aromatic N) is 3. The zero-order chi connectivity index (χ0) is 15.2. The van der Waals surface area contributed by atoms with E-state index >= 15 is 0 Å². The molecule has 1 aliphatic rings. The number of carboxylic acid groups (broad SMARTS) is 1. The number of hydrogen-bond donors (Lipinski definition) is 1. The van der Waals surface area contributed by atoms with Crippen LogP contribution in [-0.2, 0) is 11.2 Å². The van der Waals surface area contributed by atoms with E-state index in [0.29, 0.717) is 26.1 Å². The summed E-state index contributed by atoms with van der Waals surface area (Å²) in [6.07, 6.45) is 5.64. The maximum absolute atomic E-state index is 12.3. The van der Waals surface area contributed by atoms with Crippen molar-refractivity contribution < 1.29 is 14.7 Å². The first kappa shape index (κ1) is 15.3. The summed E-state index contributed by atoms with van der Waals surface area (Å²) in [5.41, 5.74) is 1.13. The Morgan fingerprint density at radius 2 is 2.14 bits per heavy atom. The van der Waals surface area contributed by atoms with E-state index in [1.165, 1.54) is 0 Å². The summed E-state index contributed by atoms with van der Waals surface area (Å²) in [7, 11) is 1.76. The van der Waals surface area contributed by atoms with Crippen molar-refractivity contribution in [3.63, 3.8) is 0 Å². The smallest absolute Gasteiger partial charge is 0.319 e. The minimum absolute atomic E-state index is 0.0880. The SMILES string of the molecule is CN(CCc1ccncc1)C(=O)N1CCC[C@@H](C(=O)O)C1. The van der Waals surface area contributed by atoms with E-state index in [1.54, 1.807) is 29.2 Å². The lowest BCUT2D eigenvalue weighted by Gasteiger charge is -2.33. The van der Waals surface area contributed by atoms with Crippen LogP contribution in [0.3, 0.4) is 0 Å². The van der Waals surface area contributed by atoms with Gasteiger partial charge in [0, 0.05) is 39.1 Å². The molecule has 1 aliphatic heterocycles. The van der Waals surface area contributed by atoms with Gasteiger partial charge >= 0.3 is 12.0 Å². The van der Waals surface area contributed by atoms with E-state index < -0.39 is 11.9 Å². The lowest BCUT2D eigenvalue weighted by atomic mass is 9.99. The van der Waals surface area contributed by atoms with Gasteiger partial charge in [0.2, 0.25) is 0 Å². The van der Waals surface area contributed by atoms with Gasteiger partial charge in [0.25, 0.3) is 0 Å². The van der Waals surface area contributed by atoms with Gasteiger partial charge in [-0.05, 0) is 37.0 Å². The number of amides is 2. The van der Waals surface area contributed by atoms with E-state index in [2.05, 4.69) is 4.98 Å². The molecule has 0 bridgehead atoms. The van der Waals surface area contributed by atoms with E-state index in [4.69, 9.17) is 5.11 Å². The average molecular weight is 291 g/mol. The topological polar surface area (TPSA) is 73.7 Å². The fraction of sp³-hybridized carbons (Fsp3) is 0.533. The van der Waals surface area contributed by atoms with Crippen LogP contribution in [0.5, 0.6) is 0 Å². The van der Waals surface area contributed by atoms with Gasteiger partial charge in [0.15, 0.2) is 0 Å². The normalized spacial score (nSPS) is 18.3. The Hall–Kier alpha value is -2.11. The summed E-state index contributed by atoms with van der Waals surface area (Å²) in [5.74, 6) is -1.25. The fourth-order valence-corrected chi connectivity index (χ4v) is 2.54. The first-order valence-corrected chi connectivity index (χ1v) is 7.19. The number of piperidine rings is 1. The number of carboxylic acids is 1. The van der Waals surface area contributed by atoms with Crippen molar-refractivity contribution in [3.05, 3.63) is 30.1 Å². The number of pyridine rings is 1. The summed E-state index contributed by atoms with van der Waals surface area (Å²) >= 11 is 0. The number of likely N-dealkylation sites (tertiary alicyclic amines) is 1. The highest BCUT2D eigenvalue weighted by molar-refractivity contribution is 5.76. The molecule has 1 fully saturated rings. The van der Waals surface area contributed by atoms with Crippen LogP contribution in [0.25, 0.3) is 0 Å². The van der Waals surface area contributed by atoms with E-state index in [9.17, 15) is 9.59 Å². The average Bonchev–Trinajstić information content (AvgIpc) is 2.53. The molecule has 1 N–H and O–H groups in total. The minimum Gasteiger partial charge on any atom is -0.481 e. The van der Waals surface area contributed by atoms with Crippen molar-refractivity contribution >= 4 is 12.0 Å². The predicted octanol–water partition coefficient (Wildman–Crippen LogP) is 1.47. The van der Waals surface area contributed by atoms with E-state index in [0.717, 1.165) is 18.4 Å². The quantitative estimate of drug-likeness (QED) is 0.911. The molecule has 21 heavy (non-hydrogen) atoms. The number of carbonyl (C=O) groups excluding carboxylic acids is 1. The number of likely N-dealkylation sites (N-methyl/N-ethyl adjacent to an activating group) is 1. The molecule has 0 spiro atoms. The predicted molar refractivity (Wildman–Crippen MR) is 77.9 cm³/mol. The van der Waals surface area contributed by atoms with Gasteiger partial charge < -0.3 is 14.9 Å². The zero-order valence-corrected chi connectivity index (χ0v) is 12.2. The molecule has 6 heteroatoms. The molecule has 1 aromatic heterocycles. The second-order valence-electron chi connectivity index (χ2n) is 5.43. The second kappa shape index (κ2) is 7.06. The molecular formula is C15H21N3O3. The van der Waals surface area contributed by atoms with Crippen molar-refractivity contribution in [1.29, 1.82) is 0 Å². The number of urea groups is 1. The third kappa shape index (κ3) is 4.18. The first-order valence-electron chi connectivity index (χ1n) is 7.19. The van der Waals surface area contributed by atoms with Crippen LogP contribution in [0.2, 0.25) is 0 Å². The molecule has 1 atom stereocenters. The molecule has 0 radical (unpaired) electrons. The number of rotatable bonds is 4. The van der Waals surface area contributed by atoms with Gasteiger partial charge in [-0.15, -0.1) is 0 Å². The third-order valence-electron chi connectivity index (χ3n) is 3.85. The Morgan fingerprint density at radius 1 is 1.43 bits per heavy atom. The van der Waals surface area contributed by atoms with Crippen molar-refractivity contribution in [2.75, 3.05) is 26.7 Å². The van der Waals surface area contributed by atoms with Gasteiger partial charge in [-0.25, -0.2) is 4.79 Å². The van der Waals surface area contributed by atoms with Gasteiger partial charge in [0.1, 0.15) is 0 Å².